The average Bonchev–Trinajstić information content (AvgIpc) is 2.42. The van der Waals surface area contributed by atoms with Crippen LogP contribution in [0.25, 0.3) is 0 Å². The number of benzene rings is 1. The van der Waals surface area contributed by atoms with E-state index in [0.717, 1.165) is 12.1 Å². The summed E-state index contributed by atoms with van der Waals surface area (Å²) >= 11 is 0. The summed E-state index contributed by atoms with van der Waals surface area (Å²) in [6.07, 6.45) is -0.660. The minimum atomic E-state index is -0.733. The summed E-state index contributed by atoms with van der Waals surface area (Å²) < 4.78 is 13.5. The number of amides is 1. The monoisotopic (exact) mass is 326 g/mol. The fraction of sp³-hybridized carbons (Fsp3) is 0.562. The van der Waals surface area contributed by atoms with E-state index in [9.17, 15) is 24.4 Å². The van der Waals surface area contributed by atoms with Gasteiger partial charge in [0, 0.05) is 17.5 Å². The molecule has 1 aromatic carbocycles. The summed E-state index contributed by atoms with van der Waals surface area (Å²) in [4.78, 5) is 22.7. The second kappa shape index (κ2) is 7.04. The molecule has 0 saturated heterocycles. The number of aryl methyl sites for hydroxylation is 1. The molecule has 1 amide bonds. The first-order valence-electron chi connectivity index (χ1n) is 7.38. The second-order valence-electron chi connectivity index (χ2n) is 6.74. The lowest BCUT2D eigenvalue weighted by atomic mass is 9.80. The molecule has 0 spiro atoms. The van der Waals surface area contributed by atoms with Crippen LogP contribution in [-0.2, 0) is 0 Å². The molecule has 6 nitrogen and oxygen atoms in total. The third-order valence-corrected chi connectivity index (χ3v) is 3.83. The molecule has 0 bridgehead atoms. The zero-order valence-corrected chi connectivity index (χ0v) is 14.0. The number of aliphatic hydroxyl groups excluding tert-OH is 1. The van der Waals surface area contributed by atoms with Gasteiger partial charge in [-0.2, -0.15) is 0 Å². The highest BCUT2D eigenvalue weighted by atomic mass is 19.1. The predicted molar refractivity (Wildman–Crippen MR) is 84.8 cm³/mol. The Morgan fingerprint density at radius 3 is 2.48 bits per heavy atom. The smallest absolute Gasteiger partial charge is 0.285 e. The van der Waals surface area contributed by atoms with Gasteiger partial charge < -0.3 is 10.4 Å². The number of nitrogens with one attached hydrogen (secondary N) is 1. The normalized spacial score (nSPS) is 13.0. The molecule has 23 heavy (non-hydrogen) atoms. The first kappa shape index (κ1) is 19.0. The van der Waals surface area contributed by atoms with Crippen LogP contribution in [0.2, 0.25) is 0 Å². The van der Waals surface area contributed by atoms with Crippen molar-refractivity contribution < 1.29 is 19.2 Å². The quantitative estimate of drug-likeness (QED) is 0.621. The van der Waals surface area contributed by atoms with Crippen LogP contribution < -0.4 is 5.32 Å². The number of hydrogen-bond donors (Lipinski definition) is 2. The van der Waals surface area contributed by atoms with Crippen molar-refractivity contribution in [3.63, 3.8) is 0 Å². The molecule has 0 heterocycles. The van der Waals surface area contributed by atoms with E-state index in [1.807, 2.05) is 13.8 Å². The van der Waals surface area contributed by atoms with Crippen molar-refractivity contribution in [2.75, 3.05) is 6.54 Å². The minimum absolute atomic E-state index is 0.00680. The highest BCUT2D eigenvalue weighted by Gasteiger charge is 2.32. The summed E-state index contributed by atoms with van der Waals surface area (Å²) in [5.41, 5.74) is -1.27. The maximum Gasteiger partial charge on any atom is 0.285 e. The Morgan fingerprint density at radius 2 is 2.00 bits per heavy atom. The van der Waals surface area contributed by atoms with E-state index in [1.54, 1.807) is 13.8 Å². The molecule has 0 aliphatic rings. The maximum absolute atomic E-state index is 13.5. The molecule has 1 atom stereocenters. The number of nitrogens with zero attached hydrogens (tertiary/aromatic N) is 1. The Morgan fingerprint density at radius 1 is 1.43 bits per heavy atom. The molecule has 128 valence electrons. The molecule has 0 aliphatic heterocycles. The molecule has 7 heteroatoms. The Balaban J connectivity index is 3.02. The van der Waals surface area contributed by atoms with Crippen LogP contribution in [0.15, 0.2) is 12.1 Å². The van der Waals surface area contributed by atoms with Crippen LogP contribution in [0.4, 0.5) is 10.1 Å². The first-order valence-corrected chi connectivity index (χ1v) is 7.38. The van der Waals surface area contributed by atoms with Gasteiger partial charge in [0.2, 0.25) is 0 Å². The molecule has 0 saturated carbocycles. The number of carbonyl (C=O) groups excluding carboxylic acids is 1. The zero-order chi connectivity index (χ0) is 17.9. The fourth-order valence-corrected chi connectivity index (χ4v) is 2.56. The third-order valence-electron chi connectivity index (χ3n) is 3.83. The molecule has 0 fully saturated rings. The lowest BCUT2D eigenvalue weighted by Crippen LogP contribution is -2.43. The van der Waals surface area contributed by atoms with Crippen molar-refractivity contribution in [1.82, 2.24) is 5.32 Å². The molecule has 0 aliphatic carbocycles. The Labute approximate surface area is 134 Å². The molecular formula is C16H23FN2O4. The Hall–Kier alpha value is -2.02. The van der Waals surface area contributed by atoms with Gasteiger partial charge in [-0.05, 0) is 25.0 Å². The highest BCUT2D eigenvalue weighted by molar-refractivity contribution is 5.98. The number of rotatable bonds is 6. The van der Waals surface area contributed by atoms with E-state index in [-0.39, 0.29) is 23.6 Å². The molecule has 2 N–H and O–H groups in total. The maximum atomic E-state index is 13.5. The van der Waals surface area contributed by atoms with Gasteiger partial charge in [-0.1, -0.05) is 27.7 Å². The number of nitro benzene ring substituents is 1. The van der Waals surface area contributed by atoms with Crippen molar-refractivity contribution in [2.45, 2.75) is 40.7 Å². The average molecular weight is 326 g/mol. The van der Waals surface area contributed by atoms with Crippen LogP contribution >= 0.6 is 0 Å². The summed E-state index contributed by atoms with van der Waals surface area (Å²) in [7, 11) is 0. The number of aliphatic hydroxyl groups is 1. The summed E-state index contributed by atoms with van der Waals surface area (Å²) in [5.74, 6) is -1.45. The van der Waals surface area contributed by atoms with Crippen LogP contribution in [0, 0.1) is 34.2 Å². The van der Waals surface area contributed by atoms with Gasteiger partial charge in [0.1, 0.15) is 11.4 Å². The van der Waals surface area contributed by atoms with Crippen LogP contribution in [0.3, 0.4) is 0 Å². The molecular weight excluding hydrogens is 303 g/mol. The van der Waals surface area contributed by atoms with E-state index in [4.69, 9.17) is 0 Å². The number of halogens is 1. The van der Waals surface area contributed by atoms with E-state index >= 15 is 0 Å². The van der Waals surface area contributed by atoms with Gasteiger partial charge >= 0.3 is 0 Å². The first-order chi connectivity index (χ1) is 10.5. The van der Waals surface area contributed by atoms with Gasteiger partial charge in [0.25, 0.3) is 11.6 Å². The summed E-state index contributed by atoms with van der Waals surface area (Å²) in [6, 6.07) is 1.87. The predicted octanol–water partition coefficient (Wildman–Crippen LogP) is 2.82. The molecule has 1 unspecified atom stereocenters. The third kappa shape index (κ3) is 4.48. The van der Waals surface area contributed by atoms with Gasteiger partial charge in [-0.25, -0.2) is 4.39 Å². The SMILES string of the molecule is Cc1cc(F)cc(C(=O)NCC(C)(C)C(O)C(C)C)c1[N+](=O)[O-]. The van der Waals surface area contributed by atoms with Crippen LogP contribution in [0.5, 0.6) is 0 Å². The summed E-state index contributed by atoms with van der Waals surface area (Å²) in [5, 5.41) is 23.8. The highest BCUT2D eigenvalue weighted by Crippen LogP contribution is 2.27. The molecule has 1 rings (SSSR count). The zero-order valence-electron chi connectivity index (χ0n) is 14.0. The Kier molecular flexibility index (Phi) is 5.82. The largest absolute Gasteiger partial charge is 0.392 e. The lowest BCUT2D eigenvalue weighted by Gasteiger charge is -2.33. The molecule has 0 radical (unpaired) electrons. The Bertz CT molecular complexity index is 614. The van der Waals surface area contributed by atoms with Crippen LogP contribution in [0.1, 0.15) is 43.6 Å². The lowest BCUT2D eigenvalue weighted by molar-refractivity contribution is -0.385. The standard InChI is InChI=1S/C16H23FN2O4/c1-9(2)14(20)16(4,5)8-18-15(21)12-7-11(17)6-10(3)13(12)19(22)23/h6-7,9,14,20H,8H2,1-5H3,(H,18,21). The van der Waals surface area contributed by atoms with Crippen molar-refractivity contribution in [3.05, 3.63) is 39.2 Å². The van der Waals surface area contributed by atoms with Gasteiger partial charge in [0.15, 0.2) is 0 Å². The number of nitro groups is 1. The van der Waals surface area contributed by atoms with E-state index in [0.29, 0.717) is 0 Å². The molecule has 1 aromatic rings. The van der Waals surface area contributed by atoms with E-state index < -0.39 is 33.9 Å². The molecule has 0 aromatic heterocycles. The van der Waals surface area contributed by atoms with Crippen molar-refractivity contribution in [2.24, 2.45) is 11.3 Å². The van der Waals surface area contributed by atoms with Gasteiger partial charge in [0.05, 0.1) is 11.0 Å². The van der Waals surface area contributed by atoms with Gasteiger partial charge in [-0.15, -0.1) is 0 Å². The van der Waals surface area contributed by atoms with E-state index in [2.05, 4.69) is 5.32 Å². The second-order valence-corrected chi connectivity index (χ2v) is 6.74. The topological polar surface area (TPSA) is 92.5 Å². The fourth-order valence-electron chi connectivity index (χ4n) is 2.56. The van der Waals surface area contributed by atoms with Crippen molar-refractivity contribution >= 4 is 11.6 Å². The minimum Gasteiger partial charge on any atom is -0.392 e. The number of hydrogen-bond acceptors (Lipinski definition) is 4. The number of carbonyl (C=O) groups is 1. The summed E-state index contributed by atoms with van der Waals surface area (Å²) in [6.45, 7) is 8.76. The van der Waals surface area contributed by atoms with Crippen molar-refractivity contribution in [3.8, 4) is 0 Å². The van der Waals surface area contributed by atoms with E-state index in [1.165, 1.54) is 6.92 Å². The van der Waals surface area contributed by atoms with Crippen LogP contribution in [-0.4, -0.2) is 28.6 Å². The van der Waals surface area contributed by atoms with Crippen molar-refractivity contribution in [1.29, 1.82) is 0 Å². The van der Waals surface area contributed by atoms with Gasteiger partial charge in [-0.3, -0.25) is 14.9 Å².